The van der Waals surface area contributed by atoms with Gasteiger partial charge in [0.2, 0.25) is 17.3 Å². The van der Waals surface area contributed by atoms with Crippen LogP contribution in [0.1, 0.15) is 26.6 Å². The van der Waals surface area contributed by atoms with Crippen LogP contribution in [0.4, 0.5) is 4.39 Å². The van der Waals surface area contributed by atoms with Crippen molar-refractivity contribution < 1.29 is 28.6 Å². The van der Waals surface area contributed by atoms with Gasteiger partial charge in [-0.3, -0.25) is 0 Å². The molecule has 2 rings (SSSR count). The second-order valence-corrected chi connectivity index (χ2v) is 3.77. The molecular formula is C12H8FNO5. The van der Waals surface area contributed by atoms with Gasteiger partial charge in [-0.05, 0) is 30.7 Å². The summed E-state index contributed by atoms with van der Waals surface area (Å²) in [6.45, 7) is 1.51. The third-order valence-corrected chi connectivity index (χ3v) is 2.43. The van der Waals surface area contributed by atoms with Crippen molar-refractivity contribution in [2.75, 3.05) is 0 Å². The largest absolute Gasteiger partial charge is 0.476 e. The number of carboxylic acid groups (broad SMARTS) is 2. The minimum absolute atomic E-state index is 0.182. The molecule has 0 aliphatic heterocycles. The summed E-state index contributed by atoms with van der Waals surface area (Å²) in [6.07, 6.45) is 0. The van der Waals surface area contributed by atoms with Crippen molar-refractivity contribution >= 4 is 11.9 Å². The van der Waals surface area contributed by atoms with Gasteiger partial charge in [0.15, 0.2) is 0 Å². The molecule has 6 nitrogen and oxygen atoms in total. The van der Waals surface area contributed by atoms with Gasteiger partial charge in [0.25, 0.3) is 0 Å². The predicted octanol–water partition coefficient (Wildman–Crippen LogP) is 2.19. The van der Waals surface area contributed by atoms with Gasteiger partial charge in [0.1, 0.15) is 5.82 Å². The zero-order chi connectivity index (χ0) is 14.2. The van der Waals surface area contributed by atoms with Gasteiger partial charge in [-0.1, -0.05) is 0 Å². The van der Waals surface area contributed by atoms with Gasteiger partial charge in [0, 0.05) is 5.56 Å². The van der Waals surface area contributed by atoms with Crippen molar-refractivity contribution in [3.05, 3.63) is 41.0 Å². The number of hydrogen-bond donors (Lipinski definition) is 2. The molecule has 7 heteroatoms. The van der Waals surface area contributed by atoms with Crippen LogP contribution < -0.4 is 0 Å². The van der Waals surface area contributed by atoms with E-state index < -0.39 is 29.2 Å². The summed E-state index contributed by atoms with van der Waals surface area (Å²) >= 11 is 0. The zero-order valence-corrected chi connectivity index (χ0v) is 9.68. The lowest BCUT2D eigenvalue weighted by Gasteiger charge is -1.98. The van der Waals surface area contributed by atoms with E-state index in [1.54, 1.807) is 0 Å². The van der Waals surface area contributed by atoms with Crippen molar-refractivity contribution in [2.45, 2.75) is 6.92 Å². The Balaban J connectivity index is 2.57. The van der Waals surface area contributed by atoms with Gasteiger partial charge < -0.3 is 14.6 Å². The van der Waals surface area contributed by atoms with Gasteiger partial charge in [-0.2, -0.15) is 0 Å². The molecule has 0 fully saturated rings. The van der Waals surface area contributed by atoms with Crippen LogP contribution in [-0.4, -0.2) is 27.1 Å². The van der Waals surface area contributed by atoms with Gasteiger partial charge in [0.05, 0.1) is 0 Å². The van der Waals surface area contributed by atoms with E-state index in [1.165, 1.54) is 19.1 Å². The molecule has 0 saturated heterocycles. The lowest BCUT2D eigenvalue weighted by molar-refractivity contribution is 0.0624. The maximum Gasteiger partial charge on any atom is 0.374 e. The molecule has 2 N–H and O–H groups in total. The molecule has 0 spiro atoms. The Morgan fingerprint density at radius 3 is 2.42 bits per heavy atom. The Bertz CT molecular complexity index is 645. The number of aromatic nitrogens is 1. The number of carboxylic acids is 2. The average Bonchev–Trinajstić information content (AvgIpc) is 2.78. The molecule has 0 unspecified atom stereocenters. The van der Waals surface area contributed by atoms with Crippen LogP contribution >= 0.6 is 0 Å². The maximum absolute atomic E-state index is 13.1. The predicted molar refractivity (Wildman–Crippen MR) is 60.6 cm³/mol. The van der Waals surface area contributed by atoms with Crippen LogP contribution in [-0.2, 0) is 0 Å². The quantitative estimate of drug-likeness (QED) is 0.882. The summed E-state index contributed by atoms with van der Waals surface area (Å²) in [5.74, 6) is -4.42. The Morgan fingerprint density at radius 1 is 1.26 bits per heavy atom. The first-order valence-electron chi connectivity index (χ1n) is 5.14. The van der Waals surface area contributed by atoms with E-state index in [2.05, 4.69) is 4.98 Å². The second-order valence-electron chi connectivity index (χ2n) is 3.77. The number of carbonyl (C=O) groups is 2. The molecule has 0 bridgehead atoms. The van der Waals surface area contributed by atoms with Crippen LogP contribution in [0.3, 0.4) is 0 Å². The highest BCUT2D eigenvalue weighted by Gasteiger charge is 2.25. The molecule has 1 aromatic carbocycles. The van der Waals surface area contributed by atoms with E-state index in [-0.39, 0.29) is 5.89 Å². The molecule has 0 saturated carbocycles. The van der Waals surface area contributed by atoms with Gasteiger partial charge >= 0.3 is 11.9 Å². The Morgan fingerprint density at radius 2 is 1.95 bits per heavy atom. The molecule has 0 aliphatic rings. The summed E-state index contributed by atoms with van der Waals surface area (Å²) in [5.41, 5.74) is -0.0807. The smallest absolute Gasteiger partial charge is 0.374 e. The van der Waals surface area contributed by atoms with Crippen LogP contribution in [0.2, 0.25) is 0 Å². The summed E-state index contributed by atoms with van der Waals surface area (Å²) in [5, 5.41) is 17.6. The minimum Gasteiger partial charge on any atom is -0.476 e. The lowest BCUT2D eigenvalue weighted by atomic mass is 10.1. The van der Waals surface area contributed by atoms with E-state index in [4.69, 9.17) is 14.6 Å². The van der Waals surface area contributed by atoms with Crippen LogP contribution in [0.15, 0.2) is 22.6 Å². The number of oxazole rings is 1. The molecule has 19 heavy (non-hydrogen) atoms. The first-order valence-corrected chi connectivity index (χ1v) is 5.14. The molecule has 2 aromatic rings. The zero-order valence-electron chi connectivity index (χ0n) is 9.68. The summed E-state index contributed by atoms with van der Waals surface area (Å²) in [4.78, 5) is 25.3. The van der Waals surface area contributed by atoms with Crippen LogP contribution in [0.5, 0.6) is 0 Å². The van der Waals surface area contributed by atoms with Crippen molar-refractivity contribution in [1.82, 2.24) is 4.98 Å². The fourth-order valence-electron chi connectivity index (χ4n) is 1.51. The number of hydrogen-bond acceptors (Lipinski definition) is 4. The molecule has 1 heterocycles. The molecule has 0 atom stereocenters. The number of benzene rings is 1. The van der Waals surface area contributed by atoms with Crippen molar-refractivity contribution in [3.63, 3.8) is 0 Å². The van der Waals surface area contributed by atoms with Crippen molar-refractivity contribution in [1.29, 1.82) is 0 Å². The van der Waals surface area contributed by atoms with E-state index >= 15 is 0 Å². The highest BCUT2D eigenvalue weighted by atomic mass is 19.1. The number of nitrogens with zero attached hydrogens (tertiary/aromatic N) is 1. The maximum atomic E-state index is 13.1. The number of aromatic carboxylic acids is 2. The van der Waals surface area contributed by atoms with Gasteiger partial charge in [-0.25, -0.2) is 19.0 Å². The molecule has 1 aromatic heterocycles. The fourth-order valence-corrected chi connectivity index (χ4v) is 1.51. The third-order valence-electron chi connectivity index (χ3n) is 2.43. The summed E-state index contributed by atoms with van der Waals surface area (Å²) in [7, 11) is 0. The average molecular weight is 265 g/mol. The number of halogens is 1. The topological polar surface area (TPSA) is 101 Å². The van der Waals surface area contributed by atoms with Crippen LogP contribution in [0.25, 0.3) is 11.5 Å². The highest BCUT2D eigenvalue weighted by Crippen LogP contribution is 2.24. The fraction of sp³-hybridized carbons (Fsp3) is 0.0833. The first kappa shape index (κ1) is 12.7. The monoisotopic (exact) mass is 265 g/mol. The van der Waals surface area contributed by atoms with E-state index in [9.17, 15) is 14.0 Å². The molecule has 98 valence electrons. The van der Waals surface area contributed by atoms with Crippen molar-refractivity contribution in [3.8, 4) is 11.5 Å². The SMILES string of the molecule is Cc1cc(-c2nc(C(=O)O)c(C(=O)O)o2)ccc1F. The second kappa shape index (κ2) is 4.52. The Hall–Kier alpha value is -2.70. The molecular weight excluding hydrogens is 257 g/mol. The standard InChI is InChI=1S/C12H8FNO5/c1-5-4-6(2-3-7(5)13)10-14-8(11(15)16)9(19-10)12(17)18/h2-4H,1H3,(H,15,16)(H,17,18). The molecule has 0 amide bonds. The van der Waals surface area contributed by atoms with E-state index in [0.29, 0.717) is 11.1 Å². The first-order chi connectivity index (χ1) is 8.90. The molecule has 0 aliphatic carbocycles. The lowest BCUT2D eigenvalue weighted by Crippen LogP contribution is -2.05. The molecule has 0 radical (unpaired) electrons. The number of rotatable bonds is 3. The Kier molecular flexibility index (Phi) is 3.04. The third kappa shape index (κ3) is 2.30. The summed E-state index contributed by atoms with van der Waals surface area (Å²) in [6, 6.07) is 3.87. The van der Waals surface area contributed by atoms with Crippen molar-refractivity contribution in [2.24, 2.45) is 0 Å². The normalized spacial score (nSPS) is 10.4. The highest BCUT2D eigenvalue weighted by molar-refractivity contribution is 5.98. The van der Waals surface area contributed by atoms with Crippen LogP contribution in [0, 0.1) is 12.7 Å². The summed E-state index contributed by atoms with van der Waals surface area (Å²) < 4.78 is 18.0. The van der Waals surface area contributed by atoms with E-state index in [1.807, 2.05) is 0 Å². The number of aryl methyl sites for hydroxylation is 1. The van der Waals surface area contributed by atoms with Gasteiger partial charge in [-0.15, -0.1) is 0 Å². The minimum atomic E-state index is -1.53. The van der Waals surface area contributed by atoms with E-state index in [0.717, 1.165) is 6.07 Å². The Labute approximate surface area is 106 Å².